The summed E-state index contributed by atoms with van der Waals surface area (Å²) in [5, 5.41) is 6.20. The molecule has 120 valence electrons. The lowest BCUT2D eigenvalue weighted by molar-refractivity contribution is 0.0945. The zero-order chi connectivity index (χ0) is 16.4. The monoisotopic (exact) mass is 310 g/mol. The molecular formula is C18H22N4O. The number of hydrogen-bond acceptors (Lipinski definition) is 4. The van der Waals surface area contributed by atoms with Gasteiger partial charge in [-0.2, -0.15) is 0 Å². The lowest BCUT2D eigenvalue weighted by Crippen LogP contribution is -2.26. The van der Waals surface area contributed by atoms with E-state index >= 15 is 0 Å². The van der Waals surface area contributed by atoms with Crippen LogP contribution in [0.15, 0.2) is 36.7 Å². The highest BCUT2D eigenvalue weighted by molar-refractivity contribution is 5.92. The zero-order valence-electron chi connectivity index (χ0n) is 13.8. The van der Waals surface area contributed by atoms with Crippen LogP contribution in [0.1, 0.15) is 49.7 Å². The van der Waals surface area contributed by atoms with Crippen molar-refractivity contribution in [3.63, 3.8) is 0 Å². The number of nitrogens with one attached hydrogen (secondary N) is 2. The van der Waals surface area contributed by atoms with Gasteiger partial charge in [0.05, 0.1) is 12.4 Å². The number of carbonyl (C=O) groups excluding carboxylic acids is 1. The second kappa shape index (κ2) is 5.99. The van der Waals surface area contributed by atoms with Crippen molar-refractivity contribution >= 4 is 17.4 Å². The minimum Gasteiger partial charge on any atom is -0.348 e. The summed E-state index contributed by atoms with van der Waals surface area (Å²) in [4.78, 5) is 20.4. The average Bonchev–Trinajstić information content (AvgIpc) is 3.31. The van der Waals surface area contributed by atoms with Gasteiger partial charge in [0.1, 0.15) is 11.5 Å². The molecule has 0 unspecified atom stereocenters. The number of hydrogen-bond donors (Lipinski definition) is 2. The smallest absolute Gasteiger partial charge is 0.271 e. The Morgan fingerprint density at radius 1 is 1.13 bits per heavy atom. The summed E-state index contributed by atoms with van der Waals surface area (Å²) in [6.45, 7) is 6.51. The topological polar surface area (TPSA) is 66.9 Å². The Labute approximate surface area is 136 Å². The average molecular weight is 310 g/mol. The summed E-state index contributed by atoms with van der Waals surface area (Å²) in [7, 11) is 0. The van der Waals surface area contributed by atoms with Crippen molar-refractivity contribution in [2.75, 3.05) is 5.32 Å². The van der Waals surface area contributed by atoms with Gasteiger partial charge in [0.25, 0.3) is 5.91 Å². The van der Waals surface area contributed by atoms with E-state index in [1.54, 1.807) is 6.20 Å². The van der Waals surface area contributed by atoms with Crippen molar-refractivity contribution in [3.8, 4) is 0 Å². The molecule has 3 rings (SSSR count). The van der Waals surface area contributed by atoms with Gasteiger partial charge in [-0.25, -0.2) is 9.97 Å². The third kappa shape index (κ3) is 3.86. The van der Waals surface area contributed by atoms with E-state index in [9.17, 15) is 4.79 Å². The normalized spacial score (nSPS) is 14.4. The molecule has 1 amide bonds. The van der Waals surface area contributed by atoms with Crippen molar-refractivity contribution < 1.29 is 4.79 Å². The molecule has 1 aliphatic carbocycles. The first-order valence-electron chi connectivity index (χ1n) is 7.93. The van der Waals surface area contributed by atoms with Crippen LogP contribution in [0.5, 0.6) is 0 Å². The van der Waals surface area contributed by atoms with Crippen molar-refractivity contribution in [1.29, 1.82) is 0 Å². The molecule has 0 aliphatic heterocycles. The van der Waals surface area contributed by atoms with E-state index in [4.69, 9.17) is 0 Å². The molecule has 1 heterocycles. The van der Waals surface area contributed by atoms with Crippen molar-refractivity contribution in [2.24, 2.45) is 0 Å². The Hall–Kier alpha value is -2.43. The second-order valence-corrected chi connectivity index (χ2v) is 6.96. The first kappa shape index (κ1) is 15.5. The highest BCUT2D eigenvalue weighted by Gasteiger charge is 2.24. The van der Waals surface area contributed by atoms with Gasteiger partial charge in [-0.3, -0.25) is 4.79 Å². The highest BCUT2D eigenvalue weighted by Crippen LogP contribution is 2.30. The zero-order valence-corrected chi connectivity index (χ0v) is 13.8. The van der Waals surface area contributed by atoms with E-state index < -0.39 is 0 Å². The van der Waals surface area contributed by atoms with E-state index in [2.05, 4.69) is 47.4 Å². The number of anilines is 2. The number of rotatable bonds is 4. The van der Waals surface area contributed by atoms with E-state index in [0.29, 0.717) is 17.6 Å². The minimum absolute atomic E-state index is 0.0289. The van der Waals surface area contributed by atoms with E-state index in [1.807, 2.05) is 18.2 Å². The van der Waals surface area contributed by atoms with E-state index in [-0.39, 0.29) is 11.3 Å². The summed E-state index contributed by atoms with van der Waals surface area (Å²) in [5.41, 5.74) is 2.59. The third-order valence-electron chi connectivity index (χ3n) is 3.79. The molecule has 2 N–H and O–H groups in total. The molecule has 1 fully saturated rings. The number of para-hydroxylation sites is 1. The number of aromatic nitrogens is 2. The van der Waals surface area contributed by atoms with Crippen LogP contribution >= 0.6 is 0 Å². The number of nitrogens with zero attached hydrogens (tertiary/aromatic N) is 2. The number of amides is 1. The molecule has 0 bridgehead atoms. The van der Waals surface area contributed by atoms with Gasteiger partial charge in [0, 0.05) is 11.7 Å². The fourth-order valence-electron chi connectivity index (χ4n) is 2.38. The Kier molecular flexibility index (Phi) is 4.03. The molecule has 5 heteroatoms. The lowest BCUT2D eigenvalue weighted by Gasteiger charge is -2.23. The van der Waals surface area contributed by atoms with E-state index in [0.717, 1.165) is 18.5 Å². The maximum atomic E-state index is 11.9. The maximum absolute atomic E-state index is 11.9. The van der Waals surface area contributed by atoms with Crippen LogP contribution < -0.4 is 10.6 Å². The highest BCUT2D eigenvalue weighted by atomic mass is 16.2. The Morgan fingerprint density at radius 3 is 2.48 bits per heavy atom. The first-order chi connectivity index (χ1) is 10.9. The molecule has 1 saturated carbocycles. The molecule has 1 aliphatic rings. The van der Waals surface area contributed by atoms with Crippen LogP contribution in [0.4, 0.5) is 11.5 Å². The summed E-state index contributed by atoms with van der Waals surface area (Å²) in [6.07, 6.45) is 5.23. The van der Waals surface area contributed by atoms with E-state index in [1.165, 1.54) is 11.8 Å². The standard InChI is InChI=1S/C18H22N4O/c1-18(2,3)13-6-4-5-7-14(13)22-16-11-19-15(10-20-16)17(23)21-12-8-9-12/h4-7,10-12H,8-9H2,1-3H3,(H,20,22)(H,21,23). The summed E-state index contributed by atoms with van der Waals surface area (Å²) >= 11 is 0. The van der Waals surface area contributed by atoms with Crippen LogP contribution in [-0.2, 0) is 5.41 Å². The van der Waals surface area contributed by atoms with Gasteiger partial charge >= 0.3 is 0 Å². The van der Waals surface area contributed by atoms with Gasteiger partial charge in [0.15, 0.2) is 0 Å². The molecule has 0 radical (unpaired) electrons. The molecule has 2 aromatic rings. The van der Waals surface area contributed by atoms with Gasteiger partial charge in [-0.05, 0) is 29.9 Å². The molecular weight excluding hydrogens is 288 g/mol. The third-order valence-corrected chi connectivity index (χ3v) is 3.79. The van der Waals surface area contributed by atoms with Crippen molar-refractivity contribution in [3.05, 3.63) is 47.9 Å². The van der Waals surface area contributed by atoms with Crippen LogP contribution in [-0.4, -0.2) is 21.9 Å². The molecule has 5 nitrogen and oxygen atoms in total. The molecule has 23 heavy (non-hydrogen) atoms. The lowest BCUT2D eigenvalue weighted by atomic mass is 9.86. The maximum Gasteiger partial charge on any atom is 0.271 e. The second-order valence-electron chi connectivity index (χ2n) is 6.96. The molecule has 1 aromatic carbocycles. The number of benzene rings is 1. The largest absolute Gasteiger partial charge is 0.348 e. The molecule has 1 aromatic heterocycles. The Balaban J connectivity index is 1.75. The quantitative estimate of drug-likeness (QED) is 0.908. The molecule has 0 saturated heterocycles. The summed E-state index contributed by atoms with van der Waals surface area (Å²) in [5.74, 6) is 0.478. The van der Waals surface area contributed by atoms with Crippen LogP contribution in [0.2, 0.25) is 0 Å². The van der Waals surface area contributed by atoms with Gasteiger partial charge in [0.2, 0.25) is 0 Å². The van der Waals surface area contributed by atoms with Gasteiger partial charge < -0.3 is 10.6 Å². The summed E-state index contributed by atoms with van der Waals surface area (Å²) < 4.78 is 0. The predicted octanol–water partition coefficient (Wildman–Crippen LogP) is 3.41. The predicted molar refractivity (Wildman–Crippen MR) is 90.9 cm³/mol. The Bertz CT molecular complexity index is 700. The number of carbonyl (C=O) groups is 1. The SMILES string of the molecule is CC(C)(C)c1ccccc1Nc1cnc(C(=O)NC2CC2)cn1. The van der Waals surface area contributed by atoms with Crippen molar-refractivity contribution in [1.82, 2.24) is 15.3 Å². The fourth-order valence-corrected chi connectivity index (χ4v) is 2.38. The van der Waals surface area contributed by atoms with Crippen molar-refractivity contribution in [2.45, 2.75) is 45.1 Å². The fraction of sp³-hybridized carbons (Fsp3) is 0.389. The van der Waals surface area contributed by atoms with Crippen LogP contribution in [0, 0.1) is 0 Å². The first-order valence-corrected chi connectivity index (χ1v) is 7.93. The molecule has 0 atom stereocenters. The Morgan fingerprint density at radius 2 is 1.87 bits per heavy atom. The van der Waals surface area contributed by atoms with Gasteiger partial charge in [-0.15, -0.1) is 0 Å². The molecule has 0 spiro atoms. The summed E-state index contributed by atoms with van der Waals surface area (Å²) in [6, 6.07) is 8.47. The van der Waals surface area contributed by atoms with Gasteiger partial charge in [-0.1, -0.05) is 39.0 Å². The van der Waals surface area contributed by atoms with Crippen LogP contribution in [0.25, 0.3) is 0 Å². The van der Waals surface area contributed by atoms with Crippen LogP contribution in [0.3, 0.4) is 0 Å². The minimum atomic E-state index is -0.151.